The predicted octanol–water partition coefficient (Wildman–Crippen LogP) is 5.44. The molecule has 0 saturated heterocycles. The summed E-state index contributed by atoms with van der Waals surface area (Å²) in [6.07, 6.45) is 0. The Kier molecular flexibility index (Phi) is 3.58. The summed E-state index contributed by atoms with van der Waals surface area (Å²) in [5.41, 5.74) is 2.75. The van der Waals surface area contributed by atoms with E-state index in [0.717, 1.165) is 0 Å². The summed E-state index contributed by atoms with van der Waals surface area (Å²) in [6, 6.07) is 31.3. The van der Waals surface area contributed by atoms with Gasteiger partial charge in [0.2, 0.25) is 0 Å². The van der Waals surface area contributed by atoms with Gasteiger partial charge in [0, 0.05) is 0 Å². The van der Waals surface area contributed by atoms with Gasteiger partial charge in [-0.1, -0.05) is 0 Å². The first kappa shape index (κ1) is 14.5. The Morgan fingerprint density at radius 2 is 0.917 bits per heavy atom. The summed E-state index contributed by atoms with van der Waals surface area (Å²) in [7, 11) is 0. The van der Waals surface area contributed by atoms with E-state index < -0.39 is 0 Å². The fraction of sp³-hybridized carbons (Fsp3) is 0. The molecule has 0 aliphatic rings. The maximum atomic E-state index is 2.48. The molecule has 0 aliphatic carbocycles. The van der Waals surface area contributed by atoms with E-state index in [4.69, 9.17) is 0 Å². The minimum absolute atomic E-state index is 0.428. The molecule has 24 heavy (non-hydrogen) atoms. The van der Waals surface area contributed by atoms with Crippen LogP contribution in [0.4, 0.5) is 0 Å². The summed E-state index contributed by atoms with van der Waals surface area (Å²) in [5, 5.41) is 2.85. The third-order valence-corrected chi connectivity index (χ3v) is 9.08. The van der Waals surface area contributed by atoms with Crippen LogP contribution < -0.4 is 0 Å². The zero-order valence-electron chi connectivity index (χ0n) is 12.9. The molecule has 0 radical (unpaired) electrons. The molecule has 0 saturated carbocycles. The second-order valence-corrected chi connectivity index (χ2v) is 10.4. The maximum absolute atomic E-state index is 2.48. The van der Waals surface area contributed by atoms with E-state index in [1.165, 1.54) is 30.8 Å². The molecule has 0 N–H and O–H groups in total. The van der Waals surface area contributed by atoms with Crippen molar-refractivity contribution in [2.24, 2.45) is 0 Å². The molecule has 0 atom stereocenters. The van der Waals surface area contributed by atoms with Gasteiger partial charge < -0.3 is 0 Å². The quantitative estimate of drug-likeness (QED) is 0.324. The van der Waals surface area contributed by atoms with Crippen molar-refractivity contribution in [3.63, 3.8) is 0 Å². The van der Waals surface area contributed by atoms with Crippen LogP contribution in [-0.2, 0) is 0 Å². The van der Waals surface area contributed by atoms with Crippen molar-refractivity contribution in [2.45, 2.75) is 0 Å². The molecule has 3 aromatic carbocycles. The minimum atomic E-state index is 0.428. The summed E-state index contributed by atoms with van der Waals surface area (Å²) >= 11 is 0.856. The van der Waals surface area contributed by atoms with Gasteiger partial charge in [0.25, 0.3) is 0 Å². The zero-order chi connectivity index (χ0) is 15.9. The third-order valence-electron chi connectivity index (χ3n) is 4.27. The Morgan fingerprint density at radius 3 is 1.38 bits per heavy atom. The van der Waals surface area contributed by atoms with Crippen molar-refractivity contribution in [3.8, 4) is 20.0 Å². The molecule has 0 unspecified atom stereocenters. The molecule has 2 aromatic heterocycles. The predicted molar refractivity (Wildman–Crippen MR) is 106 cm³/mol. The number of fused-ring (bicyclic) bond motifs is 2. The van der Waals surface area contributed by atoms with Crippen LogP contribution in [0.2, 0.25) is 0 Å². The standard InChI is InChI=1S/C22H14Se2/c1-3-7-15(8-4-1)19-12-17-11-18-13-20(16-9-5-2-6-10-16)24-22(18)14-21(17)23-19/h1-14H. The van der Waals surface area contributed by atoms with Crippen LogP contribution in [0.5, 0.6) is 0 Å². The van der Waals surface area contributed by atoms with E-state index >= 15 is 0 Å². The fourth-order valence-electron chi connectivity index (χ4n) is 3.07. The Labute approximate surface area is 152 Å². The normalized spacial score (nSPS) is 11.3. The molecule has 114 valence electrons. The van der Waals surface area contributed by atoms with E-state index in [0.29, 0.717) is 29.0 Å². The van der Waals surface area contributed by atoms with Gasteiger partial charge in [-0.3, -0.25) is 0 Å². The van der Waals surface area contributed by atoms with Gasteiger partial charge in [-0.15, -0.1) is 0 Å². The van der Waals surface area contributed by atoms with E-state index in [-0.39, 0.29) is 0 Å². The summed E-state index contributed by atoms with van der Waals surface area (Å²) < 4.78 is 6.09. The molecule has 0 fully saturated rings. The molecular weight excluding hydrogens is 422 g/mol. The monoisotopic (exact) mass is 438 g/mol. The average Bonchev–Trinajstić information content (AvgIpc) is 3.24. The average molecular weight is 436 g/mol. The van der Waals surface area contributed by atoms with Crippen LogP contribution in [0.25, 0.3) is 39.3 Å². The van der Waals surface area contributed by atoms with Gasteiger partial charge in [0.1, 0.15) is 0 Å². The van der Waals surface area contributed by atoms with Crippen LogP contribution in [0.15, 0.2) is 84.9 Å². The van der Waals surface area contributed by atoms with E-state index in [9.17, 15) is 0 Å². The number of hydrogen-bond acceptors (Lipinski definition) is 0. The molecule has 0 spiro atoms. The Hall–Kier alpha value is -1.82. The van der Waals surface area contributed by atoms with Crippen molar-refractivity contribution in [1.82, 2.24) is 0 Å². The molecule has 0 aliphatic heterocycles. The first-order valence-corrected chi connectivity index (χ1v) is 11.4. The topological polar surface area (TPSA) is 0 Å². The van der Waals surface area contributed by atoms with Crippen molar-refractivity contribution < 1.29 is 0 Å². The molecule has 0 bridgehead atoms. The van der Waals surface area contributed by atoms with E-state index in [1.807, 2.05) is 0 Å². The van der Waals surface area contributed by atoms with Crippen molar-refractivity contribution in [3.05, 3.63) is 84.9 Å². The third kappa shape index (κ3) is 2.53. The molecular formula is C22H14Se2. The molecule has 2 heteroatoms. The first-order valence-electron chi connectivity index (χ1n) is 7.95. The number of rotatable bonds is 2. The first-order chi connectivity index (χ1) is 11.9. The number of hydrogen-bond donors (Lipinski definition) is 0. The van der Waals surface area contributed by atoms with Crippen molar-refractivity contribution in [1.29, 1.82) is 0 Å². The fourth-order valence-corrected chi connectivity index (χ4v) is 8.01. The van der Waals surface area contributed by atoms with Crippen LogP contribution in [0.1, 0.15) is 0 Å². The van der Waals surface area contributed by atoms with Gasteiger partial charge in [0.15, 0.2) is 0 Å². The second kappa shape index (κ2) is 5.92. The summed E-state index contributed by atoms with van der Waals surface area (Å²) in [4.78, 5) is 0. The molecule has 5 rings (SSSR count). The van der Waals surface area contributed by atoms with Gasteiger partial charge in [-0.2, -0.15) is 0 Å². The van der Waals surface area contributed by atoms with Gasteiger partial charge in [0.05, 0.1) is 0 Å². The van der Waals surface area contributed by atoms with Gasteiger partial charge >= 0.3 is 153 Å². The Balaban J connectivity index is 1.65. The second-order valence-electron chi connectivity index (χ2n) is 5.88. The zero-order valence-corrected chi connectivity index (χ0v) is 16.3. The van der Waals surface area contributed by atoms with Crippen molar-refractivity contribution in [2.75, 3.05) is 0 Å². The van der Waals surface area contributed by atoms with E-state index in [1.54, 1.807) is 8.52 Å². The molecule has 0 nitrogen and oxygen atoms in total. The summed E-state index contributed by atoms with van der Waals surface area (Å²) in [5.74, 6) is 0. The van der Waals surface area contributed by atoms with Crippen LogP contribution in [0, 0.1) is 0 Å². The van der Waals surface area contributed by atoms with Gasteiger partial charge in [-0.25, -0.2) is 0 Å². The van der Waals surface area contributed by atoms with Crippen LogP contribution >= 0.6 is 0 Å². The Bertz CT molecular complexity index is 992. The molecule has 2 heterocycles. The van der Waals surface area contributed by atoms with Crippen LogP contribution in [-0.4, -0.2) is 29.0 Å². The number of benzene rings is 3. The molecule has 5 aromatic rings. The Morgan fingerprint density at radius 1 is 0.458 bits per heavy atom. The molecule has 0 amide bonds. The summed E-state index contributed by atoms with van der Waals surface area (Å²) in [6.45, 7) is 0. The van der Waals surface area contributed by atoms with Crippen LogP contribution in [0.3, 0.4) is 0 Å². The SMILES string of the molecule is c1ccc(-c2cc3cc4cc(-c5ccccc5)[se]c4cc3[se]2)cc1. The van der Waals surface area contributed by atoms with Crippen molar-refractivity contribution >= 4 is 48.3 Å². The van der Waals surface area contributed by atoms with Gasteiger partial charge in [-0.05, 0) is 0 Å². The van der Waals surface area contributed by atoms with E-state index in [2.05, 4.69) is 84.9 Å².